The number of nitrogens with zero attached hydrogens (tertiary/aromatic N) is 3. The van der Waals surface area contributed by atoms with E-state index in [9.17, 15) is 0 Å². The fraction of sp³-hybridized carbons (Fsp3) is 0.556. The van der Waals surface area contributed by atoms with Gasteiger partial charge in [0.2, 0.25) is 0 Å². The number of rotatable bonds is 5. The molecular formula is C18H23N3O4. The van der Waals surface area contributed by atoms with E-state index in [2.05, 4.69) is 27.2 Å². The van der Waals surface area contributed by atoms with Crippen molar-refractivity contribution in [3.05, 3.63) is 35.0 Å². The molecule has 1 aromatic carbocycles. The lowest BCUT2D eigenvalue weighted by Gasteiger charge is -2.28. The Morgan fingerprint density at radius 2 is 2.00 bits per heavy atom. The molecule has 3 heterocycles. The van der Waals surface area contributed by atoms with Gasteiger partial charge in [0.1, 0.15) is 6.10 Å². The van der Waals surface area contributed by atoms with E-state index in [0.29, 0.717) is 12.4 Å². The molecule has 4 rings (SSSR count). The molecule has 0 N–H and O–H groups in total. The summed E-state index contributed by atoms with van der Waals surface area (Å²) < 4.78 is 21.8. The van der Waals surface area contributed by atoms with Gasteiger partial charge in [-0.15, -0.1) is 0 Å². The zero-order chi connectivity index (χ0) is 17.2. The standard InChI is InChI=1S/C18H23N3O4/c1-22-15-8-12-5-6-21(10-13(12)9-16(15)23-2)11-17-19-18(25-20-17)14-4-3-7-24-14/h8-9,14H,3-7,10-11H2,1-2H3/t14-/m1/s1. The smallest absolute Gasteiger partial charge is 0.255 e. The third-order valence-corrected chi connectivity index (χ3v) is 4.85. The molecule has 0 spiro atoms. The first-order chi connectivity index (χ1) is 12.3. The Balaban J connectivity index is 1.45. The van der Waals surface area contributed by atoms with E-state index in [-0.39, 0.29) is 6.10 Å². The molecule has 7 heteroatoms. The summed E-state index contributed by atoms with van der Waals surface area (Å²) in [5, 5.41) is 4.12. The number of ether oxygens (including phenoxy) is 3. The van der Waals surface area contributed by atoms with Gasteiger partial charge in [-0.05, 0) is 42.5 Å². The Kier molecular flexibility index (Phi) is 4.59. The van der Waals surface area contributed by atoms with Crippen molar-refractivity contribution in [3.63, 3.8) is 0 Å². The maximum Gasteiger partial charge on any atom is 0.255 e. The van der Waals surface area contributed by atoms with Crippen LogP contribution in [0.15, 0.2) is 16.7 Å². The van der Waals surface area contributed by atoms with Crippen LogP contribution in [0.5, 0.6) is 11.5 Å². The topological polar surface area (TPSA) is 69.9 Å². The van der Waals surface area contributed by atoms with Crippen LogP contribution in [0.3, 0.4) is 0 Å². The Morgan fingerprint density at radius 3 is 2.72 bits per heavy atom. The van der Waals surface area contributed by atoms with Crippen molar-refractivity contribution >= 4 is 0 Å². The van der Waals surface area contributed by atoms with Crippen molar-refractivity contribution in [2.45, 2.75) is 38.5 Å². The average Bonchev–Trinajstić information content (AvgIpc) is 3.32. The average molecular weight is 345 g/mol. The van der Waals surface area contributed by atoms with Gasteiger partial charge in [0.15, 0.2) is 17.3 Å². The van der Waals surface area contributed by atoms with E-state index >= 15 is 0 Å². The molecule has 2 aromatic rings. The lowest BCUT2D eigenvalue weighted by molar-refractivity contribution is 0.0835. The van der Waals surface area contributed by atoms with Gasteiger partial charge in [-0.1, -0.05) is 5.16 Å². The summed E-state index contributed by atoms with van der Waals surface area (Å²) >= 11 is 0. The van der Waals surface area contributed by atoms with E-state index in [1.807, 2.05) is 0 Å². The molecule has 0 unspecified atom stereocenters. The van der Waals surface area contributed by atoms with Crippen LogP contribution < -0.4 is 9.47 Å². The third kappa shape index (κ3) is 3.34. The highest BCUT2D eigenvalue weighted by Crippen LogP contribution is 2.33. The van der Waals surface area contributed by atoms with Gasteiger partial charge < -0.3 is 18.7 Å². The highest BCUT2D eigenvalue weighted by atomic mass is 16.5. The second-order valence-corrected chi connectivity index (χ2v) is 6.49. The monoisotopic (exact) mass is 345 g/mol. The Hall–Kier alpha value is -2.12. The fourth-order valence-electron chi connectivity index (χ4n) is 3.51. The molecule has 1 fully saturated rings. The van der Waals surface area contributed by atoms with E-state index in [4.69, 9.17) is 18.7 Å². The summed E-state index contributed by atoms with van der Waals surface area (Å²) in [6.07, 6.45) is 2.95. The second-order valence-electron chi connectivity index (χ2n) is 6.49. The first kappa shape index (κ1) is 16.4. The Morgan fingerprint density at radius 1 is 1.20 bits per heavy atom. The largest absolute Gasteiger partial charge is 0.493 e. The molecule has 0 radical (unpaired) electrons. The number of hydrogen-bond acceptors (Lipinski definition) is 7. The molecule has 2 aliphatic heterocycles. The summed E-state index contributed by atoms with van der Waals surface area (Å²) in [6, 6.07) is 4.14. The molecule has 2 aliphatic rings. The van der Waals surface area contributed by atoms with E-state index in [0.717, 1.165) is 56.3 Å². The summed E-state index contributed by atoms with van der Waals surface area (Å²) in [7, 11) is 3.33. The number of fused-ring (bicyclic) bond motifs is 1. The van der Waals surface area contributed by atoms with E-state index in [1.54, 1.807) is 14.2 Å². The molecule has 1 atom stereocenters. The minimum atomic E-state index is -0.0277. The molecule has 0 amide bonds. The molecule has 7 nitrogen and oxygen atoms in total. The summed E-state index contributed by atoms with van der Waals surface area (Å²) in [5.41, 5.74) is 2.56. The molecule has 0 bridgehead atoms. The van der Waals surface area contributed by atoms with Crippen molar-refractivity contribution < 1.29 is 18.7 Å². The Labute approximate surface area is 146 Å². The minimum absolute atomic E-state index is 0.0277. The summed E-state index contributed by atoms with van der Waals surface area (Å²) in [6.45, 7) is 3.23. The van der Waals surface area contributed by atoms with Crippen LogP contribution in [0.1, 0.15) is 41.8 Å². The van der Waals surface area contributed by atoms with Gasteiger partial charge in [-0.2, -0.15) is 4.98 Å². The molecule has 0 aliphatic carbocycles. The van der Waals surface area contributed by atoms with Gasteiger partial charge in [0, 0.05) is 19.7 Å². The van der Waals surface area contributed by atoms with Crippen molar-refractivity contribution in [2.24, 2.45) is 0 Å². The summed E-state index contributed by atoms with van der Waals surface area (Å²) in [4.78, 5) is 6.83. The third-order valence-electron chi connectivity index (χ3n) is 4.85. The van der Waals surface area contributed by atoms with Gasteiger partial charge in [-0.25, -0.2) is 0 Å². The first-order valence-corrected chi connectivity index (χ1v) is 8.67. The molecule has 0 saturated carbocycles. The van der Waals surface area contributed by atoms with Gasteiger partial charge in [0.05, 0.1) is 20.8 Å². The number of hydrogen-bond donors (Lipinski definition) is 0. The highest BCUT2D eigenvalue weighted by molar-refractivity contribution is 5.48. The zero-order valence-corrected chi connectivity index (χ0v) is 14.7. The number of benzene rings is 1. The van der Waals surface area contributed by atoms with E-state index < -0.39 is 0 Å². The van der Waals surface area contributed by atoms with Crippen molar-refractivity contribution in [1.29, 1.82) is 0 Å². The molecule has 134 valence electrons. The fourth-order valence-corrected chi connectivity index (χ4v) is 3.51. The van der Waals surface area contributed by atoms with Crippen LogP contribution in [-0.2, 0) is 24.2 Å². The quantitative estimate of drug-likeness (QED) is 0.824. The lowest BCUT2D eigenvalue weighted by Crippen LogP contribution is -2.30. The van der Waals surface area contributed by atoms with Crippen LogP contribution in [0.4, 0.5) is 0 Å². The molecular weight excluding hydrogens is 322 g/mol. The molecule has 1 saturated heterocycles. The molecule has 25 heavy (non-hydrogen) atoms. The van der Waals surface area contributed by atoms with Crippen molar-refractivity contribution in [1.82, 2.24) is 15.0 Å². The van der Waals surface area contributed by atoms with E-state index in [1.165, 1.54) is 11.1 Å². The lowest BCUT2D eigenvalue weighted by atomic mass is 9.99. The maximum atomic E-state index is 5.60. The van der Waals surface area contributed by atoms with Crippen LogP contribution in [0.25, 0.3) is 0 Å². The summed E-state index contributed by atoms with van der Waals surface area (Å²) in [5.74, 6) is 2.88. The Bertz CT molecular complexity index is 740. The first-order valence-electron chi connectivity index (χ1n) is 8.67. The number of aromatic nitrogens is 2. The van der Waals surface area contributed by atoms with Crippen LogP contribution in [0.2, 0.25) is 0 Å². The maximum absolute atomic E-state index is 5.60. The zero-order valence-electron chi connectivity index (χ0n) is 14.7. The minimum Gasteiger partial charge on any atom is -0.493 e. The predicted molar refractivity (Wildman–Crippen MR) is 89.6 cm³/mol. The van der Waals surface area contributed by atoms with Gasteiger partial charge >= 0.3 is 0 Å². The number of methoxy groups -OCH3 is 2. The van der Waals surface area contributed by atoms with Crippen LogP contribution >= 0.6 is 0 Å². The van der Waals surface area contributed by atoms with Crippen molar-refractivity contribution in [3.8, 4) is 11.5 Å². The second kappa shape index (κ2) is 7.01. The normalized spacial score (nSPS) is 20.5. The highest BCUT2D eigenvalue weighted by Gasteiger charge is 2.25. The van der Waals surface area contributed by atoms with Crippen molar-refractivity contribution in [2.75, 3.05) is 27.4 Å². The van der Waals surface area contributed by atoms with Gasteiger partial charge in [-0.3, -0.25) is 4.90 Å². The SMILES string of the molecule is COc1cc2c(cc1OC)CN(Cc1noc([C@H]3CCCO3)n1)CC2. The van der Waals surface area contributed by atoms with Crippen LogP contribution in [0, 0.1) is 0 Å². The van der Waals surface area contributed by atoms with Crippen LogP contribution in [-0.4, -0.2) is 42.4 Å². The molecule has 1 aromatic heterocycles. The predicted octanol–water partition coefficient (Wildman–Crippen LogP) is 2.50. The van der Waals surface area contributed by atoms with Gasteiger partial charge in [0.25, 0.3) is 5.89 Å².